The van der Waals surface area contributed by atoms with Gasteiger partial charge in [-0.3, -0.25) is 10.1 Å². The van der Waals surface area contributed by atoms with Gasteiger partial charge in [0, 0.05) is 10.4 Å². The number of carbonyl (C=O) groups is 1. The monoisotopic (exact) mass is 426 g/mol. The molecule has 1 amide bonds. The molecule has 7 heteroatoms. The van der Waals surface area contributed by atoms with Crippen molar-refractivity contribution in [1.82, 2.24) is 10.6 Å². The molecule has 0 atom stereocenters. The van der Waals surface area contributed by atoms with E-state index in [0.717, 1.165) is 27.9 Å². The number of benzene rings is 1. The number of thiophene rings is 1. The Morgan fingerprint density at radius 3 is 2.88 bits per heavy atom. The predicted octanol–water partition coefficient (Wildman–Crippen LogP) is 4.49. The third-order valence-electron chi connectivity index (χ3n) is 3.18. The van der Waals surface area contributed by atoms with Crippen LogP contribution in [0.5, 0.6) is 5.75 Å². The largest absolute Gasteiger partial charge is 0.492 e. The predicted molar refractivity (Wildman–Crippen MR) is 106 cm³/mol. The minimum absolute atomic E-state index is 0.250. The number of rotatable bonds is 7. The first kappa shape index (κ1) is 18.9. The Kier molecular flexibility index (Phi) is 7.68. The Morgan fingerprint density at radius 1 is 1.38 bits per heavy atom. The van der Waals surface area contributed by atoms with Crippen LogP contribution in [0.25, 0.3) is 0 Å². The van der Waals surface area contributed by atoms with Gasteiger partial charge in [-0.2, -0.15) is 0 Å². The van der Waals surface area contributed by atoms with E-state index in [2.05, 4.69) is 33.5 Å². The van der Waals surface area contributed by atoms with Gasteiger partial charge in [0.1, 0.15) is 5.75 Å². The molecule has 1 aromatic carbocycles. The fraction of sp³-hybridized carbons (Fsp3) is 0.294. The summed E-state index contributed by atoms with van der Waals surface area (Å²) >= 11 is 10.2. The van der Waals surface area contributed by atoms with Crippen molar-refractivity contribution in [1.29, 1.82) is 0 Å². The molecule has 0 aliphatic carbocycles. The molecule has 0 fully saturated rings. The fourth-order valence-corrected chi connectivity index (χ4v) is 3.19. The molecule has 0 saturated carbocycles. The highest BCUT2D eigenvalue weighted by atomic mass is 79.9. The van der Waals surface area contributed by atoms with E-state index in [0.29, 0.717) is 23.8 Å². The summed E-state index contributed by atoms with van der Waals surface area (Å²) < 4.78 is 6.41. The maximum Gasteiger partial charge on any atom is 0.257 e. The topological polar surface area (TPSA) is 50.4 Å². The van der Waals surface area contributed by atoms with Gasteiger partial charge < -0.3 is 10.1 Å². The zero-order valence-corrected chi connectivity index (χ0v) is 16.5. The van der Waals surface area contributed by atoms with Crippen LogP contribution < -0.4 is 15.4 Å². The first-order chi connectivity index (χ1) is 11.6. The summed E-state index contributed by atoms with van der Waals surface area (Å²) in [4.78, 5) is 13.4. The Labute approximate surface area is 159 Å². The second kappa shape index (κ2) is 9.76. The first-order valence-electron chi connectivity index (χ1n) is 7.64. The fourth-order valence-electron chi connectivity index (χ4n) is 1.89. The molecular formula is C17H19BrN2O2S2. The molecule has 128 valence electrons. The van der Waals surface area contributed by atoms with Crippen molar-refractivity contribution in [3.63, 3.8) is 0 Å². The first-order valence-corrected chi connectivity index (χ1v) is 9.72. The average Bonchev–Trinajstić information content (AvgIpc) is 3.08. The van der Waals surface area contributed by atoms with Crippen molar-refractivity contribution in [3.8, 4) is 5.75 Å². The number of nitrogens with one attached hydrogen (secondary N) is 2. The summed E-state index contributed by atoms with van der Waals surface area (Å²) in [5.74, 6) is 0.484. The zero-order valence-electron chi connectivity index (χ0n) is 13.3. The van der Waals surface area contributed by atoms with Crippen molar-refractivity contribution in [2.24, 2.45) is 0 Å². The second-order valence-corrected chi connectivity index (χ2v) is 7.36. The number of carbonyl (C=O) groups excluding carboxylic acids is 1. The number of ether oxygens (including phenoxy) is 1. The molecule has 0 aliphatic rings. The normalized spacial score (nSPS) is 10.2. The molecule has 0 unspecified atom stereocenters. The molecule has 24 heavy (non-hydrogen) atoms. The van der Waals surface area contributed by atoms with E-state index in [4.69, 9.17) is 17.0 Å². The highest BCUT2D eigenvalue weighted by Crippen LogP contribution is 2.26. The van der Waals surface area contributed by atoms with Crippen molar-refractivity contribution >= 4 is 50.5 Å². The minimum Gasteiger partial charge on any atom is -0.492 e. The lowest BCUT2D eigenvalue weighted by Crippen LogP contribution is -2.38. The minimum atomic E-state index is -0.250. The number of unbranched alkanes of at least 4 members (excludes halogenated alkanes) is 1. The van der Waals surface area contributed by atoms with E-state index in [1.807, 2.05) is 17.5 Å². The molecule has 1 heterocycles. The third-order valence-corrected chi connectivity index (χ3v) is 4.92. The number of hydrogen-bond acceptors (Lipinski definition) is 4. The van der Waals surface area contributed by atoms with Gasteiger partial charge >= 0.3 is 0 Å². The van der Waals surface area contributed by atoms with E-state index in [9.17, 15) is 4.79 Å². The number of hydrogen-bond donors (Lipinski definition) is 2. The molecule has 0 spiro atoms. The maximum absolute atomic E-state index is 12.2. The molecule has 0 radical (unpaired) electrons. The van der Waals surface area contributed by atoms with Gasteiger partial charge in [-0.1, -0.05) is 19.4 Å². The van der Waals surface area contributed by atoms with Crippen molar-refractivity contribution < 1.29 is 9.53 Å². The molecule has 0 bridgehead atoms. The van der Waals surface area contributed by atoms with E-state index in [1.165, 1.54) is 0 Å². The summed E-state index contributed by atoms with van der Waals surface area (Å²) in [6, 6.07) is 9.24. The Morgan fingerprint density at radius 2 is 2.21 bits per heavy atom. The lowest BCUT2D eigenvalue weighted by atomic mass is 10.2. The van der Waals surface area contributed by atoms with Crippen LogP contribution in [0.4, 0.5) is 0 Å². The van der Waals surface area contributed by atoms with Gasteiger partial charge in [-0.25, -0.2) is 0 Å². The van der Waals surface area contributed by atoms with E-state index >= 15 is 0 Å². The molecule has 1 aromatic heterocycles. The van der Waals surface area contributed by atoms with Crippen molar-refractivity contribution in [2.75, 3.05) is 6.61 Å². The number of halogens is 1. The van der Waals surface area contributed by atoms with Crippen LogP contribution >= 0.6 is 39.5 Å². The van der Waals surface area contributed by atoms with Crippen LogP contribution in [0.1, 0.15) is 35.0 Å². The Bertz CT molecular complexity index is 690. The van der Waals surface area contributed by atoms with Crippen molar-refractivity contribution in [2.45, 2.75) is 26.3 Å². The number of amides is 1. The maximum atomic E-state index is 12.2. The average molecular weight is 427 g/mol. The highest BCUT2D eigenvalue weighted by molar-refractivity contribution is 9.10. The van der Waals surface area contributed by atoms with Crippen LogP contribution in [0.2, 0.25) is 0 Å². The van der Waals surface area contributed by atoms with E-state index in [-0.39, 0.29) is 5.91 Å². The summed E-state index contributed by atoms with van der Waals surface area (Å²) in [7, 11) is 0. The van der Waals surface area contributed by atoms with Gasteiger partial charge in [-0.15, -0.1) is 11.3 Å². The Balaban J connectivity index is 1.87. The van der Waals surface area contributed by atoms with Crippen molar-refractivity contribution in [3.05, 3.63) is 50.6 Å². The van der Waals surface area contributed by atoms with Crippen LogP contribution in [0.3, 0.4) is 0 Å². The Hall–Kier alpha value is -1.44. The molecule has 0 saturated heterocycles. The molecule has 4 nitrogen and oxygen atoms in total. The van der Waals surface area contributed by atoms with Gasteiger partial charge in [0.05, 0.1) is 17.6 Å². The highest BCUT2D eigenvalue weighted by Gasteiger charge is 2.11. The van der Waals surface area contributed by atoms with E-state index < -0.39 is 0 Å². The summed E-state index contributed by atoms with van der Waals surface area (Å²) in [6.07, 6.45) is 2.08. The summed E-state index contributed by atoms with van der Waals surface area (Å²) in [5, 5.41) is 8.01. The lowest BCUT2D eigenvalue weighted by Gasteiger charge is -2.11. The summed E-state index contributed by atoms with van der Waals surface area (Å²) in [5.41, 5.74) is 0.519. The van der Waals surface area contributed by atoms with Crippen LogP contribution in [0, 0.1) is 0 Å². The van der Waals surface area contributed by atoms with Gasteiger partial charge in [0.15, 0.2) is 5.11 Å². The van der Waals surface area contributed by atoms with Crippen LogP contribution in [0.15, 0.2) is 40.2 Å². The van der Waals surface area contributed by atoms with Crippen LogP contribution in [-0.4, -0.2) is 17.6 Å². The standard InChI is InChI=1S/C17H19BrN2O2S2/c1-2-3-8-22-15-7-6-12(10-14(15)18)16(21)20-17(23)19-11-13-5-4-9-24-13/h4-7,9-10H,2-3,8,11H2,1H3,(H2,19,20,21,23). The summed E-state index contributed by atoms with van der Waals surface area (Å²) in [6.45, 7) is 3.38. The molecule has 2 rings (SSSR count). The van der Waals surface area contributed by atoms with Crippen LogP contribution in [-0.2, 0) is 6.54 Å². The molecule has 0 aliphatic heterocycles. The van der Waals surface area contributed by atoms with E-state index in [1.54, 1.807) is 29.5 Å². The molecule has 2 N–H and O–H groups in total. The molecule has 2 aromatic rings. The quantitative estimate of drug-likeness (QED) is 0.505. The van der Waals surface area contributed by atoms with Gasteiger partial charge in [-0.05, 0) is 64.2 Å². The zero-order chi connectivity index (χ0) is 17.4. The SMILES string of the molecule is CCCCOc1ccc(C(=O)NC(=S)NCc2cccs2)cc1Br. The lowest BCUT2D eigenvalue weighted by molar-refractivity contribution is 0.0976. The van der Waals surface area contributed by atoms with Gasteiger partial charge in [0.25, 0.3) is 5.91 Å². The molecular weight excluding hydrogens is 408 g/mol. The number of thiocarbonyl (C=S) groups is 1. The smallest absolute Gasteiger partial charge is 0.257 e. The van der Waals surface area contributed by atoms with Gasteiger partial charge in [0.2, 0.25) is 0 Å². The second-order valence-electron chi connectivity index (χ2n) is 5.06. The third kappa shape index (κ3) is 5.89.